The molecule has 0 heterocycles. The summed E-state index contributed by atoms with van der Waals surface area (Å²) >= 11 is 0. The first-order chi connectivity index (χ1) is 10.6. The third-order valence-electron chi connectivity index (χ3n) is 3.15. The van der Waals surface area contributed by atoms with E-state index in [9.17, 15) is 19.2 Å². The summed E-state index contributed by atoms with van der Waals surface area (Å²) in [5.74, 6) is -3.35. The van der Waals surface area contributed by atoms with Crippen molar-refractivity contribution in [2.75, 3.05) is 6.61 Å². The van der Waals surface area contributed by atoms with Crippen LogP contribution in [0.3, 0.4) is 0 Å². The second kappa shape index (κ2) is 9.78. The number of carbonyl (C=O) groups excluding carboxylic acids is 3. The number of aliphatic hydroxyl groups excluding tert-OH is 1. The number of hydrogen-bond donors (Lipinski definition) is 5. The molecule has 0 saturated heterocycles. The molecule has 0 aliphatic carbocycles. The van der Waals surface area contributed by atoms with E-state index in [2.05, 4.69) is 16.0 Å². The molecule has 0 fully saturated rings. The van der Waals surface area contributed by atoms with E-state index >= 15 is 0 Å². The molecule has 0 spiro atoms. The standard InChI is InChI=1S/C14H25N3O6/c1-5-9(12(20)17-11(7(2)3)14(22)23)16-13(21)10(6-18)15-8(4)19/h7,9-11,18H,5-6H2,1-4H3,(H,15,19)(H,16,21)(H,17,20)(H,22,23)/t9-,10-,11-/m0/s1. The number of carboxylic acids is 1. The highest BCUT2D eigenvalue weighted by Gasteiger charge is 2.29. The number of carboxylic acid groups (broad SMARTS) is 1. The van der Waals surface area contributed by atoms with Gasteiger partial charge in [-0.25, -0.2) is 4.79 Å². The molecule has 0 saturated carbocycles. The molecular weight excluding hydrogens is 306 g/mol. The smallest absolute Gasteiger partial charge is 0.326 e. The molecule has 0 unspecified atom stereocenters. The lowest BCUT2D eigenvalue weighted by Crippen LogP contribution is -2.56. The Bertz CT molecular complexity index is 452. The number of rotatable bonds is 9. The second-order valence-electron chi connectivity index (χ2n) is 5.47. The van der Waals surface area contributed by atoms with Crippen LogP contribution in [-0.2, 0) is 19.2 Å². The highest BCUT2D eigenvalue weighted by Crippen LogP contribution is 2.03. The van der Waals surface area contributed by atoms with E-state index in [1.54, 1.807) is 20.8 Å². The van der Waals surface area contributed by atoms with Crippen LogP contribution < -0.4 is 16.0 Å². The quantitative estimate of drug-likeness (QED) is 0.351. The van der Waals surface area contributed by atoms with Crippen LogP contribution in [0.4, 0.5) is 0 Å². The van der Waals surface area contributed by atoms with Crippen molar-refractivity contribution in [3.8, 4) is 0 Å². The van der Waals surface area contributed by atoms with E-state index in [0.29, 0.717) is 0 Å². The summed E-state index contributed by atoms with van der Waals surface area (Å²) in [5.41, 5.74) is 0. The Morgan fingerprint density at radius 3 is 1.83 bits per heavy atom. The predicted molar refractivity (Wildman–Crippen MR) is 81.3 cm³/mol. The highest BCUT2D eigenvalue weighted by molar-refractivity contribution is 5.93. The molecule has 3 amide bonds. The number of aliphatic hydroxyl groups is 1. The van der Waals surface area contributed by atoms with Gasteiger partial charge in [-0.1, -0.05) is 20.8 Å². The fourth-order valence-corrected chi connectivity index (χ4v) is 1.83. The maximum absolute atomic E-state index is 12.1. The van der Waals surface area contributed by atoms with Crippen LogP contribution in [0.25, 0.3) is 0 Å². The van der Waals surface area contributed by atoms with Crippen molar-refractivity contribution in [2.45, 2.75) is 52.2 Å². The molecule has 9 heteroatoms. The minimum atomic E-state index is -1.17. The van der Waals surface area contributed by atoms with Gasteiger partial charge in [-0.2, -0.15) is 0 Å². The van der Waals surface area contributed by atoms with Gasteiger partial charge in [0.2, 0.25) is 17.7 Å². The maximum atomic E-state index is 12.1. The molecule has 5 N–H and O–H groups in total. The lowest BCUT2D eigenvalue weighted by Gasteiger charge is -2.24. The van der Waals surface area contributed by atoms with E-state index in [1.165, 1.54) is 6.92 Å². The van der Waals surface area contributed by atoms with Crippen LogP contribution in [0.15, 0.2) is 0 Å². The zero-order valence-corrected chi connectivity index (χ0v) is 13.8. The largest absolute Gasteiger partial charge is 0.480 e. The Morgan fingerprint density at radius 1 is 0.957 bits per heavy atom. The summed E-state index contributed by atoms with van der Waals surface area (Å²) in [6, 6.07) is -3.21. The third-order valence-corrected chi connectivity index (χ3v) is 3.15. The van der Waals surface area contributed by atoms with E-state index in [1.807, 2.05) is 0 Å². The van der Waals surface area contributed by atoms with Crippen molar-refractivity contribution < 1.29 is 29.4 Å². The van der Waals surface area contributed by atoms with E-state index < -0.39 is 48.4 Å². The number of aliphatic carboxylic acids is 1. The molecule has 3 atom stereocenters. The lowest BCUT2D eigenvalue weighted by molar-refractivity contribution is -0.143. The topological polar surface area (TPSA) is 145 Å². The van der Waals surface area contributed by atoms with Gasteiger partial charge >= 0.3 is 5.97 Å². The summed E-state index contributed by atoms with van der Waals surface area (Å²) < 4.78 is 0. The maximum Gasteiger partial charge on any atom is 0.326 e. The normalized spacial score (nSPS) is 14.5. The summed E-state index contributed by atoms with van der Waals surface area (Å²) in [6.45, 7) is 5.52. The summed E-state index contributed by atoms with van der Waals surface area (Å²) in [7, 11) is 0. The van der Waals surface area contributed by atoms with Gasteiger partial charge in [0.15, 0.2) is 0 Å². The Kier molecular flexibility index (Phi) is 8.86. The van der Waals surface area contributed by atoms with Crippen LogP contribution in [0.1, 0.15) is 34.1 Å². The first-order valence-corrected chi connectivity index (χ1v) is 7.35. The van der Waals surface area contributed by atoms with Gasteiger partial charge in [-0.15, -0.1) is 0 Å². The average Bonchev–Trinajstić information content (AvgIpc) is 2.46. The average molecular weight is 331 g/mol. The SMILES string of the molecule is CC[C@H](NC(=O)[C@H](CO)NC(C)=O)C(=O)N[C@H](C(=O)O)C(C)C. The summed E-state index contributed by atoms with van der Waals surface area (Å²) in [6.07, 6.45) is 0.222. The molecule has 0 aromatic rings. The van der Waals surface area contributed by atoms with E-state index in [4.69, 9.17) is 10.2 Å². The van der Waals surface area contributed by atoms with Crippen molar-refractivity contribution in [1.29, 1.82) is 0 Å². The van der Waals surface area contributed by atoms with Crippen molar-refractivity contribution >= 4 is 23.7 Å². The molecule has 0 radical (unpaired) electrons. The molecule has 0 aromatic carbocycles. The molecule has 0 rings (SSSR count). The first kappa shape index (κ1) is 20.8. The van der Waals surface area contributed by atoms with Crippen molar-refractivity contribution in [3.63, 3.8) is 0 Å². The van der Waals surface area contributed by atoms with Crippen molar-refractivity contribution in [3.05, 3.63) is 0 Å². The Labute approximate surface area is 134 Å². The van der Waals surface area contributed by atoms with Crippen molar-refractivity contribution in [1.82, 2.24) is 16.0 Å². The number of carbonyl (C=O) groups is 4. The van der Waals surface area contributed by atoms with Crippen LogP contribution in [0, 0.1) is 5.92 Å². The molecule has 0 aliphatic rings. The molecule has 0 aromatic heterocycles. The number of hydrogen-bond acceptors (Lipinski definition) is 5. The Balaban J connectivity index is 4.87. The van der Waals surface area contributed by atoms with Crippen LogP contribution >= 0.6 is 0 Å². The van der Waals surface area contributed by atoms with Gasteiger partial charge in [-0.3, -0.25) is 14.4 Å². The molecule has 23 heavy (non-hydrogen) atoms. The minimum Gasteiger partial charge on any atom is -0.480 e. The van der Waals surface area contributed by atoms with Gasteiger partial charge in [0, 0.05) is 6.92 Å². The lowest BCUT2D eigenvalue weighted by atomic mass is 10.0. The van der Waals surface area contributed by atoms with Gasteiger partial charge in [0.05, 0.1) is 6.61 Å². The summed E-state index contributed by atoms with van der Waals surface area (Å²) in [4.78, 5) is 46.1. The fraction of sp³-hybridized carbons (Fsp3) is 0.714. The van der Waals surface area contributed by atoms with Gasteiger partial charge < -0.3 is 26.2 Å². The molecule has 132 valence electrons. The van der Waals surface area contributed by atoms with E-state index in [-0.39, 0.29) is 12.3 Å². The fourth-order valence-electron chi connectivity index (χ4n) is 1.83. The third kappa shape index (κ3) is 7.09. The van der Waals surface area contributed by atoms with Gasteiger partial charge in [-0.05, 0) is 12.3 Å². The number of amides is 3. The highest BCUT2D eigenvalue weighted by atomic mass is 16.4. The molecular formula is C14H25N3O6. The van der Waals surface area contributed by atoms with Crippen molar-refractivity contribution in [2.24, 2.45) is 5.92 Å². The van der Waals surface area contributed by atoms with Crippen LogP contribution in [0.5, 0.6) is 0 Å². The second-order valence-corrected chi connectivity index (χ2v) is 5.47. The Hall–Kier alpha value is -2.16. The number of nitrogens with one attached hydrogen (secondary N) is 3. The molecule has 0 aliphatic heterocycles. The van der Waals surface area contributed by atoms with Gasteiger partial charge in [0.25, 0.3) is 0 Å². The predicted octanol–water partition coefficient (Wildman–Crippen LogP) is -1.40. The minimum absolute atomic E-state index is 0.222. The molecule has 0 bridgehead atoms. The van der Waals surface area contributed by atoms with Gasteiger partial charge in [0.1, 0.15) is 18.1 Å². The zero-order valence-electron chi connectivity index (χ0n) is 13.8. The van der Waals surface area contributed by atoms with Crippen LogP contribution in [-0.4, -0.2) is 58.6 Å². The summed E-state index contributed by atoms with van der Waals surface area (Å²) in [5, 5.41) is 25.2. The Morgan fingerprint density at radius 2 is 1.48 bits per heavy atom. The first-order valence-electron chi connectivity index (χ1n) is 7.35. The zero-order chi connectivity index (χ0) is 18.2. The molecule has 9 nitrogen and oxygen atoms in total. The van der Waals surface area contributed by atoms with E-state index in [0.717, 1.165) is 0 Å². The van der Waals surface area contributed by atoms with Crippen LogP contribution in [0.2, 0.25) is 0 Å². The monoisotopic (exact) mass is 331 g/mol.